The molecule has 3 N–H and O–H groups in total. The number of Topliss-reactive ketones (excluding diaryl/α,β-unsaturated/α-hetero) is 1. The number of phenols is 2. The number of carbonyl (C=O) groups is 2. The van der Waals surface area contributed by atoms with Crippen molar-refractivity contribution in [2.24, 2.45) is 0 Å². The zero-order chi connectivity index (χ0) is 16.8. The number of nitrogens with one attached hydrogen (secondary N) is 1. The number of amides is 1. The minimum Gasteiger partial charge on any atom is -0.508 e. The van der Waals surface area contributed by atoms with E-state index in [0.717, 1.165) is 12.8 Å². The van der Waals surface area contributed by atoms with Gasteiger partial charge in [0.15, 0.2) is 5.78 Å². The molecule has 0 aromatic heterocycles. The van der Waals surface area contributed by atoms with E-state index in [4.69, 9.17) is 6.42 Å². The fourth-order valence-corrected chi connectivity index (χ4v) is 2.62. The summed E-state index contributed by atoms with van der Waals surface area (Å²) in [5, 5.41) is 22.2. The highest BCUT2D eigenvalue weighted by Crippen LogP contribution is 2.22. The number of carbonyl (C=O) groups excluding carboxylic acids is 2. The van der Waals surface area contributed by atoms with Crippen LogP contribution in [-0.2, 0) is 16.0 Å². The molecular formula is C17H20N2O4. The van der Waals surface area contributed by atoms with Gasteiger partial charge in [0.1, 0.15) is 11.5 Å². The van der Waals surface area contributed by atoms with Gasteiger partial charge in [-0.25, -0.2) is 0 Å². The van der Waals surface area contributed by atoms with Crippen LogP contribution >= 0.6 is 0 Å². The molecule has 2 rings (SSSR count). The van der Waals surface area contributed by atoms with Gasteiger partial charge in [-0.15, -0.1) is 6.42 Å². The SMILES string of the molecule is C#CC(=O)N1CCC(NCC(=O)Cc2cc(O)ccc2O)CC1. The molecular weight excluding hydrogens is 296 g/mol. The van der Waals surface area contributed by atoms with Crippen LogP contribution in [0.2, 0.25) is 0 Å². The van der Waals surface area contributed by atoms with Crippen molar-refractivity contribution in [1.82, 2.24) is 10.2 Å². The fourth-order valence-electron chi connectivity index (χ4n) is 2.62. The van der Waals surface area contributed by atoms with Crippen molar-refractivity contribution in [3.63, 3.8) is 0 Å². The van der Waals surface area contributed by atoms with Gasteiger partial charge in [0, 0.05) is 31.1 Å². The lowest BCUT2D eigenvalue weighted by Gasteiger charge is -2.31. The van der Waals surface area contributed by atoms with Crippen LogP contribution in [0.3, 0.4) is 0 Å². The molecule has 0 radical (unpaired) electrons. The van der Waals surface area contributed by atoms with Gasteiger partial charge in [-0.2, -0.15) is 0 Å². The average Bonchev–Trinajstić information content (AvgIpc) is 2.56. The summed E-state index contributed by atoms with van der Waals surface area (Å²) in [6, 6.07) is 4.28. The van der Waals surface area contributed by atoms with Crippen LogP contribution in [0.15, 0.2) is 18.2 Å². The first-order valence-corrected chi connectivity index (χ1v) is 7.51. The Balaban J connectivity index is 1.76. The molecule has 1 saturated heterocycles. The van der Waals surface area contributed by atoms with Crippen molar-refractivity contribution in [1.29, 1.82) is 0 Å². The van der Waals surface area contributed by atoms with E-state index >= 15 is 0 Å². The van der Waals surface area contributed by atoms with Crippen LogP contribution < -0.4 is 5.32 Å². The van der Waals surface area contributed by atoms with Gasteiger partial charge < -0.3 is 20.4 Å². The van der Waals surface area contributed by atoms with Crippen molar-refractivity contribution < 1.29 is 19.8 Å². The van der Waals surface area contributed by atoms with E-state index in [-0.39, 0.29) is 42.2 Å². The van der Waals surface area contributed by atoms with E-state index in [2.05, 4.69) is 11.2 Å². The maximum atomic E-state index is 12.0. The normalized spacial score (nSPS) is 15.2. The third kappa shape index (κ3) is 4.73. The minimum atomic E-state index is -0.293. The number of nitrogens with zero attached hydrogens (tertiary/aromatic N) is 1. The van der Waals surface area contributed by atoms with Crippen molar-refractivity contribution in [2.75, 3.05) is 19.6 Å². The van der Waals surface area contributed by atoms with Crippen molar-refractivity contribution in [3.8, 4) is 23.8 Å². The van der Waals surface area contributed by atoms with Crippen molar-refractivity contribution >= 4 is 11.7 Å². The number of terminal acetylenes is 1. The predicted molar refractivity (Wildman–Crippen MR) is 84.9 cm³/mol. The van der Waals surface area contributed by atoms with Crippen molar-refractivity contribution in [3.05, 3.63) is 23.8 Å². The maximum absolute atomic E-state index is 12.0. The second-order valence-electron chi connectivity index (χ2n) is 5.62. The second-order valence-corrected chi connectivity index (χ2v) is 5.62. The number of hydrogen-bond donors (Lipinski definition) is 3. The molecule has 1 aliphatic rings. The van der Waals surface area contributed by atoms with Gasteiger partial charge in [0.2, 0.25) is 0 Å². The lowest BCUT2D eigenvalue weighted by Crippen LogP contribution is -2.45. The van der Waals surface area contributed by atoms with Gasteiger partial charge >= 0.3 is 0 Å². The van der Waals surface area contributed by atoms with Gasteiger partial charge in [-0.1, -0.05) is 0 Å². The Morgan fingerprint density at radius 3 is 2.65 bits per heavy atom. The van der Waals surface area contributed by atoms with Gasteiger partial charge in [-0.3, -0.25) is 9.59 Å². The third-order valence-electron chi connectivity index (χ3n) is 3.94. The molecule has 122 valence electrons. The first kappa shape index (κ1) is 16.8. The molecule has 0 saturated carbocycles. The smallest absolute Gasteiger partial charge is 0.298 e. The number of ketones is 1. The predicted octanol–water partition coefficient (Wildman–Crippen LogP) is 0.423. The molecule has 6 heteroatoms. The number of aromatic hydroxyl groups is 2. The Kier molecular flexibility index (Phi) is 5.61. The molecule has 0 unspecified atom stereocenters. The molecule has 0 atom stereocenters. The average molecular weight is 316 g/mol. The zero-order valence-electron chi connectivity index (χ0n) is 12.8. The number of likely N-dealkylation sites (tertiary alicyclic amines) is 1. The van der Waals surface area contributed by atoms with Gasteiger partial charge in [0.25, 0.3) is 5.91 Å². The monoisotopic (exact) mass is 316 g/mol. The molecule has 1 heterocycles. The van der Waals surface area contributed by atoms with Crippen LogP contribution in [0.5, 0.6) is 11.5 Å². The Labute approximate surface area is 135 Å². The third-order valence-corrected chi connectivity index (χ3v) is 3.94. The molecule has 1 amide bonds. The molecule has 6 nitrogen and oxygen atoms in total. The lowest BCUT2D eigenvalue weighted by molar-refractivity contribution is -0.126. The van der Waals surface area contributed by atoms with E-state index in [9.17, 15) is 19.8 Å². The first-order chi connectivity index (χ1) is 11.0. The van der Waals surface area contributed by atoms with Crippen LogP contribution in [0, 0.1) is 12.3 Å². The molecule has 1 aromatic carbocycles. The molecule has 23 heavy (non-hydrogen) atoms. The highest BCUT2D eigenvalue weighted by Gasteiger charge is 2.22. The molecule has 1 aliphatic heterocycles. The summed E-state index contributed by atoms with van der Waals surface area (Å²) in [5.74, 6) is 1.75. The van der Waals surface area contributed by atoms with E-state index in [1.165, 1.54) is 18.2 Å². The zero-order valence-corrected chi connectivity index (χ0v) is 12.8. The number of hydrogen-bond acceptors (Lipinski definition) is 5. The summed E-state index contributed by atoms with van der Waals surface area (Å²) in [5.41, 5.74) is 0.409. The van der Waals surface area contributed by atoms with Crippen LogP contribution in [-0.4, -0.2) is 52.5 Å². The summed E-state index contributed by atoms with van der Waals surface area (Å²) in [4.78, 5) is 25.0. The minimum absolute atomic E-state index is 0.00254. The summed E-state index contributed by atoms with van der Waals surface area (Å²) < 4.78 is 0. The molecule has 0 bridgehead atoms. The lowest BCUT2D eigenvalue weighted by atomic mass is 10.0. The number of phenolic OH excluding ortho intramolecular Hbond substituents is 2. The Morgan fingerprint density at radius 1 is 1.30 bits per heavy atom. The largest absolute Gasteiger partial charge is 0.508 e. The topological polar surface area (TPSA) is 89.9 Å². The highest BCUT2D eigenvalue weighted by atomic mass is 16.3. The van der Waals surface area contributed by atoms with E-state index in [1.807, 2.05) is 0 Å². The fraction of sp³-hybridized carbons (Fsp3) is 0.412. The van der Waals surface area contributed by atoms with E-state index < -0.39 is 0 Å². The summed E-state index contributed by atoms with van der Waals surface area (Å²) in [6.45, 7) is 1.35. The molecule has 0 aliphatic carbocycles. The van der Waals surface area contributed by atoms with Gasteiger partial charge in [-0.05, 0) is 37.0 Å². The second kappa shape index (κ2) is 7.65. The Morgan fingerprint density at radius 2 is 2.00 bits per heavy atom. The number of benzene rings is 1. The molecule has 0 spiro atoms. The Bertz CT molecular complexity index is 628. The molecule has 1 fully saturated rings. The number of rotatable bonds is 5. The quantitative estimate of drug-likeness (QED) is 0.541. The Hall–Kier alpha value is -2.52. The van der Waals surface area contributed by atoms with Crippen molar-refractivity contribution in [2.45, 2.75) is 25.3 Å². The van der Waals surface area contributed by atoms with E-state index in [1.54, 1.807) is 4.90 Å². The van der Waals surface area contributed by atoms with Crippen LogP contribution in [0.1, 0.15) is 18.4 Å². The standard InChI is InChI=1S/C17H20N2O4/c1-2-17(23)19-7-5-13(6-8-19)18-11-15(21)10-12-9-14(20)3-4-16(12)22/h1,3-4,9,13,18,20,22H,5-8,10-11H2. The maximum Gasteiger partial charge on any atom is 0.298 e. The highest BCUT2D eigenvalue weighted by molar-refractivity contribution is 5.92. The summed E-state index contributed by atoms with van der Waals surface area (Å²) in [6.07, 6.45) is 6.65. The number of piperidine rings is 1. The summed E-state index contributed by atoms with van der Waals surface area (Å²) in [7, 11) is 0. The summed E-state index contributed by atoms with van der Waals surface area (Å²) >= 11 is 0. The van der Waals surface area contributed by atoms with Crippen LogP contribution in [0.4, 0.5) is 0 Å². The van der Waals surface area contributed by atoms with Gasteiger partial charge in [0.05, 0.1) is 6.54 Å². The first-order valence-electron chi connectivity index (χ1n) is 7.51. The molecule has 1 aromatic rings. The van der Waals surface area contributed by atoms with Crippen LogP contribution in [0.25, 0.3) is 0 Å². The van der Waals surface area contributed by atoms with E-state index in [0.29, 0.717) is 18.7 Å².